The van der Waals surface area contributed by atoms with Crippen molar-refractivity contribution < 1.29 is 9.47 Å². The zero-order chi connectivity index (χ0) is 13.6. The number of methoxy groups -OCH3 is 1. The van der Waals surface area contributed by atoms with E-state index in [1.54, 1.807) is 7.11 Å². The number of likely N-dealkylation sites (N-methyl/N-ethyl adjacent to an activating group) is 1. The molecule has 0 aromatic heterocycles. The smallest absolute Gasteiger partial charge is 0.124 e. The van der Waals surface area contributed by atoms with Crippen LogP contribution in [0.25, 0.3) is 0 Å². The first-order chi connectivity index (χ1) is 8.51. The van der Waals surface area contributed by atoms with Crippen LogP contribution >= 0.6 is 0 Å². The maximum atomic E-state index is 6.01. The summed E-state index contributed by atoms with van der Waals surface area (Å²) < 4.78 is 11.4. The number of rotatable bonds is 7. The molecule has 3 heteroatoms. The third-order valence-corrected chi connectivity index (χ3v) is 3.23. The van der Waals surface area contributed by atoms with E-state index < -0.39 is 0 Å². The van der Waals surface area contributed by atoms with Crippen LogP contribution in [-0.2, 0) is 10.3 Å². The molecule has 0 fully saturated rings. The molecule has 0 aliphatic heterocycles. The van der Waals surface area contributed by atoms with Crippen molar-refractivity contribution in [2.45, 2.75) is 26.4 Å². The number of ether oxygens (including phenoxy) is 2. The molecule has 0 heterocycles. The Morgan fingerprint density at radius 1 is 1.22 bits per heavy atom. The lowest BCUT2D eigenvalue weighted by Crippen LogP contribution is -2.29. The number of hydrogen-bond donors (Lipinski definition) is 0. The first kappa shape index (κ1) is 15.0. The fourth-order valence-corrected chi connectivity index (χ4v) is 1.83. The minimum absolute atomic E-state index is 0.332. The third kappa shape index (κ3) is 4.00. The highest BCUT2D eigenvalue weighted by atomic mass is 16.5. The molecule has 0 bridgehead atoms. The van der Waals surface area contributed by atoms with Gasteiger partial charge in [-0.1, -0.05) is 25.1 Å². The van der Waals surface area contributed by atoms with Gasteiger partial charge in [-0.15, -0.1) is 0 Å². The average Bonchev–Trinajstić information content (AvgIpc) is 2.38. The molecule has 1 aromatic rings. The maximum Gasteiger partial charge on any atom is 0.124 e. The Hall–Kier alpha value is -1.06. The topological polar surface area (TPSA) is 21.7 Å². The minimum atomic E-state index is -0.332. The fourth-order valence-electron chi connectivity index (χ4n) is 1.83. The molecule has 0 radical (unpaired) electrons. The molecule has 0 saturated heterocycles. The quantitative estimate of drug-likeness (QED) is 0.744. The van der Waals surface area contributed by atoms with E-state index in [0.717, 1.165) is 31.0 Å². The Morgan fingerprint density at radius 2 is 1.89 bits per heavy atom. The summed E-state index contributed by atoms with van der Waals surface area (Å²) in [6.07, 6.45) is 0. The molecule has 0 saturated carbocycles. The van der Waals surface area contributed by atoms with Crippen molar-refractivity contribution in [1.82, 2.24) is 4.90 Å². The summed E-state index contributed by atoms with van der Waals surface area (Å²) in [5.41, 5.74) is 0.757. The summed E-state index contributed by atoms with van der Waals surface area (Å²) in [6, 6.07) is 8.02. The first-order valence-electron chi connectivity index (χ1n) is 6.47. The van der Waals surface area contributed by atoms with E-state index in [-0.39, 0.29) is 5.60 Å². The predicted molar refractivity (Wildman–Crippen MR) is 75.1 cm³/mol. The molecular weight excluding hydrogens is 226 g/mol. The van der Waals surface area contributed by atoms with Gasteiger partial charge in [0.15, 0.2) is 0 Å². The van der Waals surface area contributed by atoms with Crippen LogP contribution in [0, 0.1) is 0 Å². The van der Waals surface area contributed by atoms with E-state index >= 15 is 0 Å². The Bertz CT molecular complexity index is 363. The van der Waals surface area contributed by atoms with Crippen LogP contribution in [0.1, 0.15) is 26.3 Å². The summed E-state index contributed by atoms with van der Waals surface area (Å²) in [5.74, 6) is 0.881. The normalized spacial score (nSPS) is 11.9. The van der Waals surface area contributed by atoms with Crippen molar-refractivity contribution in [3.8, 4) is 5.75 Å². The van der Waals surface area contributed by atoms with Crippen molar-refractivity contribution in [2.75, 3.05) is 33.9 Å². The largest absolute Gasteiger partial charge is 0.496 e. The highest BCUT2D eigenvalue weighted by Crippen LogP contribution is 2.32. The molecule has 1 aromatic carbocycles. The molecule has 0 aliphatic carbocycles. The van der Waals surface area contributed by atoms with Crippen LogP contribution in [0.4, 0.5) is 0 Å². The average molecular weight is 251 g/mol. The highest BCUT2D eigenvalue weighted by Gasteiger charge is 2.24. The minimum Gasteiger partial charge on any atom is -0.496 e. The summed E-state index contributed by atoms with van der Waals surface area (Å²) in [4.78, 5) is 2.23. The molecular formula is C15H25NO2. The summed E-state index contributed by atoms with van der Waals surface area (Å²) >= 11 is 0. The molecule has 0 unspecified atom stereocenters. The van der Waals surface area contributed by atoms with Gasteiger partial charge in [0, 0.05) is 12.1 Å². The lowest BCUT2D eigenvalue weighted by Gasteiger charge is -2.28. The number of para-hydroxylation sites is 1. The van der Waals surface area contributed by atoms with Gasteiger partial charge in [0.2, 0.25) is 0 Å². The Kier molecular flexibility index (Phi) is 5.63. The Labute approximate surface area is 111 Å². The van der Waals surface area contributed by atoms with Gasteiger partial charge >= 0.3 is 0 Å². The predicted octanol–water partition coefficient (Wildman–Crippen LogP) is 2.90. The van der Waals surface area contributed by atoms with Gasteiger partial charge in [-0.05, 0) is 33.5 Å². The zero-order valence-corrected chi connectivity index (χ0v) is 12.2. The maximum absolute atomic E-state index is 6.01. The lowest BCUT2D eigenvalue weighted by molar-refractivity contribution is -0.0295. The number of hydrogen-bond acceptors (Lipinski definition) is 3. The molecule has 18 heavy (non-hydrogen) atoms. The van der Waals surface area contributed by atoms with Crippen LogP contribution in [-0.4, -0.2) is 38.8 Å². The summed E-state index contributed by atoms with van der Waals surface area (Å²) in [7, 11) is 3.79. The van der Waals surface area contributed by atoms with Gasteiger partial charge in [-0.2, -0.15) is 0 Å². The van der Waals surface area contributed by atoms with Gasteiger partial charge < -0.3 is 14.4 Å². The van der Waals surface area contributed by atoms with Crippen molar-refractivity contribution in [3.05, 3.63) is 29.8 Å². The summed E-state index contributed by atoms with van der Waals surface area (Å²) in [5, 5.41) is 0. The van der Waals surface area contributed by atoms with Crippen LogP contribution in [0.2, 0.25) is 0 Å². The molecule has 0 N–H and O–H groups in total. The second-order valence-electron chi connectivity index (χ2n) is 4.95. The molecule has 1 rings (SSSR count). The van der Waals surface area contributed by atoms with E-state index in [4.69, 9.17) is 9.47 Å². The summed E-state index contributed by atoms with van der Waals surface area (Å²) in [6.45, 7) is 9.00. The van der Waals surface area contributed by atoms with Crippen LogP contribution in [0.3, 0.4) is 0 Å². The van der Waals surface area contributed by atoms with E-state index in [9.17, 15) is 0 Å². The van der Waals surface area contributed by atoms with Crippen molar-refractivity contribution in [3.63, 3.8) is 0 Å². The van der Waals surface area contributed by atoms with Crippen LogP contribution in [0.5, 0.6) is 5.75 Å². The van der Waals surface area contributed by atoms with Gasteiger partial charge in [-0.3, -0.25) is 0 Å². The van der Waals surface area contributed by atoms with Gasteiger partial charge in [0.1, 0.15) is 5.75 Å². The van der Waals surface area contributed by atoms with Crippen molar-refractivity contribution >= 4 is 0 Å². The van der Waals surface area contributed by atoms with Gasteiger partial charge in [0.25, 0.3) is 0 Å². The van der Waals surface area contributed by atoms with E-state index in [2.05, 4.69) is 38.8 Å². The highest BCUT2D eigenvalue weighted by molar-refractivity contribution is 5.37. The van der Waals surface area contributed by atoms with E-state index in [1.165, 1.54) is 0 Å². The van der Waals surface area contributed by atoms with Crippen LogP contribution in [0.15, 0.2) is 24.3 Å². The van der Waals surface area contributed by atoms with E-state index in [0.29, 0.717) is 0 Å². The van der Waals surface area contributed by atoms with Crippen LogP contribution < -0.4 is 4.74 Å². The molecule has 0 aliphatic rings. The monoisotopic (exact) mass is 251 g/mol. The SMILES string of the molecule is CCN(C)CCOC(C)(C)c1ccccc1OC. The molecule has 0 amide bonds. The Morgan fingerprint density at radius 3 is 2.50 bits per heavy atom. The molecule has 102 valence electrons. The molecule has 0 atom stereocenters. The Balaban J connectivity index is 2.67. The standard InChI is InChI=1S/C15H25NO2/c1-6-16(4)11-12-18-15(2,3)13-9-7-8-10-14(13)17-5/h7-10H,6,11-12H2,1-5H3. The number of nitrogens with zero attached hydrogens (tertiary/aromatic N) is 1. The second-order valence-corrected chi connectivity index (χ2v) is 4.95. The second kappa shape index (κ2) is 6.76. The van der Waals surface area contributed by atoms with Gasteiger partial charge in [0.05, 0.1) is 19.3 Å². The zero-order valence-electron chi connectivity index (χ0n) is 12.2. The first-order valence-corrected chi connectivity index (χ1v) is 6.47. The lowest BCUT2D eigenvalue weighted by atomic mass is 9.97. The molecule has 0 spiro atoms. The van der Waals surface area contributed by atoms with Crippen molar-refractivity contribution in [2.24, 2.45) is 0 Å². The van der Waals surface area contributed by atoms with E-state index in [1.807, 2.05) is 18.2 Å². The fraction of sp³-hybridized carbons (Fsp3) is 0.600. The molecule has 3 nitrogen and oxygen atoms in total. The van der Waals surface area contributed by atoms with Crippen molar-refractivity contribution in [1.29, 1.82) is 0 Å². The number of benzene rings is 1. The van der Waals surface area contributed by atoms with Gasteiger partial charge in [-0.25, -0.2) is 0 Å². The third-order valence-electron chi connectivity index (χ3n) is 3.23.